The second-order valence-electron chi connectivity index (χ2n) is 3.80. The third kappa shape index (κ3) is 1.22. The third-order valence-corrected chi connectivity index (χ3v) is 3.22. The van der Waals surface area contributed by atoms with Crippen LogP contribution in [0.4, 0.5) is 0 Å². The number of hydrogen-bond acceptors (Lipinski definition) is 3. The van der Waals surface area contributed by atoms with Crippen LogP contribution in [0.5, 0.6) is 0 Å². The third-order valence-electron chi connectivity index (χ3n) is 2.89. The zero-order valence-corrected chi connectivity index (χ0v) is 9.36. The lowest BCUT2D eigenvalue weighted by atomic mass is 9.95. The van der Waals surface area contributed by atoms with Crippen LogP contribution in [0.25, 0.3) is 10.8 Å². The molecule has 1 aliphatic heterocycles. The van der Waals surface area contributed by atoms with Gasteiger partial charge in [-0.25, -0.2) is 10.9 Å². The summed E-state index contributed by atoms with van der Waals surface area (Å²) in [5, 5.41) is 2.41. The van der Waals surface area contributed by atoms with Crippen molar-refractivity contribution in [3.63, 3.8) is 0 Å². The lowest BCUT2D eigenvalue weighted by molar-refractivity contribution is 0.0610. The van der Waals surface area contributed by atoms with Gasteiger partial charge in [0.05, 0.1) is 11.1 Å². The average molecular weight is 247 g/mol. The van der Waals surface area contributed by atoms with Crippen LogP contribution in [0, 0.1) is 0 Å². The first-order valence-electron chi connectivity index (χ1n) is 4.96. The fraction of sp³-hybridized carbons (Fsp3) is 0. The molecule has 2 aromatic rings. The van der Waals surface area contributed by atoms with Gasteiger partial charge in [-0.2, -0.15) is 0 Å². The van der Waals surface area contributed by atoms with Crippen molar-refractivity contribution in [2.24, 2.45) is 5.84 Å². The molecular weight excluding hydrogens is 240 g/mol. The first kappa shape index (κ1) is 10.3. The van der Waals surface area contributed by atoms with Crippen LogP contribution in [0.2, 0.25) is 5.02 Å². The van der Waals surface area contributed by atoms with Gasteiger partial charge < -0.3 is 0 Å². The molecule has 0 saturated carbocycles. The predicted molar refractivity (Wildman–Crippen MR) is 63.6 cm³/mol. The Morgan fingerprint density at radius 1 is 1.00 bits per heavy atom. The van der Waals surface area contributed by atoms with Gasteiger partial charge >= 0.3 is 0 Å². The number of carbonyl (C=O) groups is 2. The van der Waals surface area contributed by atoms with Crippen molar-refractivity contribution in [3.05, 3.63) is 46.5 Å². The van der Waals surface area contributed by atoms with Crippen molar-refractivity contribution in [3.8, 4) is 0 Å². The van der Waals surface area contributed by atoms with E-state index in [2.05, 4.69) is 0 Å². The smallest absolute Gasteiger partial charge is 0.267 e. The van der Waals surface area contributed by atoms with Crippen LogP contribution in [-0.4, -0.2) is 16.8 Å². The minimum absolute atomic E-state index is 0.405. The molecule has 1 aliphatic rings. The molecule has 0 spiro atoms. The summed E-state index contributed by atoms with van der Waals surface area (Å²) < 4.78 is 0. The number of hydrogen-bond donors (Lipinski definition) is 1. The van der Waals surface area contributed by atoms with E-state index in [1.54, 1.807) is 30.3 Å². The summed E-state index contributed by atoms with van der Waals surface area (Å²) in [6.45, 7) is 0. The molecule has 0 aliphatic carbocycles. The van der Waals surface area contributed by atoms with Crippen molar-refractivity contribution in [2.75, 3.05) is 0 Å². The highest BCUT2D eigenvalue weighted by Gasteiger charge is 2.31. The monoisotopic (exact) mass is 246 g/mol. The van der Waals surface area contributed by atoms with Gasteiger partial charge in [0.15, 0.2) is 0 Å². The maximum Gasteiger partial charge on any atom is 0.275 e. The zero-order chi connectivity index (χ0) is 12.2. The van der Waals surface area contributed by atoms with Gasteiger partial charge in [-0.3, -0.25) is 9.59 Å². The Labute approximate surface area is 102 Å². The molecule has 0 aromatic heterocycles. The number of amides is 2. The Morgan fingerprint density at radius 3 is 2.35 bits per heavy atom. The van der Waals surface area contributed by atoms with Gasteiger partial charge in [0.1, 0.15) is 0 Å². The van der Waals surface area contributed by atoms with Crippen molar-refractivity contribution in [1.82, 2.24) is 5.01 Å². The second-order valence-corrected chi connectivity index (χ2v) is 4.21. The highest BCUT2D eigenvalue weighted by molar-refractivity contribution is 6.38. The lowest BCUT2D eigenvalue weighted by Gasteiger charge is -2.23. The number of nitrogens with two attached hydrogens (primary N) is 1. The van der Waals surface area contributed by atoms with E-state index in [-0.39, 0.29) is 0 Å². The van der Waals surface area contributed by atoms with E-state index in [1.165, 1.54) is 0 Å². The molecule has 4 nitrogen and oxygen atoms in total. The average Bonchev–Trinajstić information content (AvgIpc) is 2.35. The molecule has 2 aromatic carbocycles. The fourth-order valence-corrected chi connectivity index (χ4v) is 2.30. The van der Waals surface area contributed by atoms with Crippen LogP contribution in [0.3, 0.4) is 0 Å². The number of carbonyl (C=O) groups excluding carboxylic acids is 2. The number of hydrazine groups is 1. The van der Waals surface area contributed by atoms with Gasteiger partial charge in [-0.05, 0) is 18.2 Å². The van der Waals surface area contributed by atoms with Crippen LogP contribution in [0.1, 0.15) is 20.7 Å². The SMILES string of the molecule is NN1C(=O)c2cccc3c(Cl)ccc(c23)C1=O. The second kappa shape index (κ2) is 3.29. The highest BCUT2D eigenvalue weighted by atomic mass is 35.5. The molecule has 2 N–H and O–H groups in total. The summed E-state index contributed by atoms with van der Waals surface area (Å²) in [6.07, 6.45) is 0. The van der Waals surface area contributed by atoms with E-state index < -0.39 is 11.8 Å². The van der Waals surface area contributed by atoms with E-state index in [0.717, 1.165) is 0 Å². The molecule has 1 heterocycles. The van der Waals surface area contributed by atoms with E-state index >= 15 is 0 Å². The first-order chi connectivity index (χ1) is 8.11. The summed E-state index contributed by atoms with van der Waals surface area (Å²) in [5.41, 5.74) is 0.809. The maximum absolute atomic E-state index is 11.9. The number of halogens is 1. The molecule has 0 saturated heterocycles. The summed E-state index contributed by atoms with van der Waals surface area (Å²) in [4.78, 5) is 23.7. The van der Waals surface area contributed by atoms with E-state index in [9.17, 15) is 9.59 Å². The predicted octanol–water partition coefficient (Wildman–Crippen LogP) is 1.96. The molecular formula is C12H7ClN2O2. The van der Waals surface area contributed by atoms with Crippen LogP contribution in [-0.2, 0) is 0 Å². The molecule has 3 rings (SSSR count). The molecule has 0 fully saturated rings. The first-order valence-corrected chi connectivity index (χ1v) is 5.34. The van der Waals surface area contributed by atoms with Crippen molar-refractivity contribution >= 4 is 34.2 Å². The normalized spacial score (nSPS) is 14.6. The maximum atomic E-state index is 11.9. The molecule has 0 atom stereocenters. The van der Waals surface area contributed by atoms with Gasteiger partial charge in [0, 0.05) is 15.8 Å². The van der Waals surface area contributed by atoms with Crippen LogP contribution in [0.15, 0.2) is 30.3 Å². The molecule has 17 heavy (non-hydrogen) atoms. The van der Waals surface area contributed by atoms with E-state index in [1.807, 2.05) is 0 Å². The van der Waals surface area contributed by atoms with Crippen molar-refractivity contribution < 1.29 is 9.59 Å². The Hall–Kier alpha value is -1.91. The topological polar surface area (TPSA) is 63.4 Å². The van der Waals surface area contributed by atoms with Crippen molar-refractivity contribution in [1.29, 1.82) is 0 Å². The molecule has 0 unspecified atom stereocenters. The zero-order valence-electron chi connectivity index (χ0n) is 8.61. The summed E-state index contributed by atoms with van der Waals surface area (Å²) in [6, 6.07) is 8.34. The molecule has 0 bridgehead atoms. The number of rotatable bonds is 0. The molecule has 84 valence electrons. The Bertz CT molecular complexity index is 659. The fourth-order valence-electron chi connectivity index (χ4n) is 2.08. The van der Waals surface area contributed by atoms with Gasteiger partial charge in [-0.1, -0.05) is 23.7 Å². The van der Waals surface area contributed by atoms with Crippen LogP contribution >= 0.6 is 11.6 Å². The Kier molecular flexibility index (Phi) is 1.98. The summed E-state index contributed by atoms with van der Waals surface area (Å²) in [5.74, 6) is 4.44. The van der Waals surface area contributed by atoms with E-state index in [0.29, 0.717) is 31.9 Å². The minimum atomic E-state index is -0.504. The van der Waals surface area contributed by atoms with Gasteiger partial charge in [0.25, 0.3) is 11.8 Å². The van der Waals surface area contributed by atoms with Crippen LogP contribution < -0.4 is 5.84 Å². The lowest BCUT2D eigenvalue weighted by Crippen LogP contribution is -2.45. The highest BCUT2D eigenvalue weighted by Crippen LogP contribution is 2.32. The van der Waals surface area contributed by atoms with Crippen molar-refractivity contribution in [2.45, 2.75) is 0 Å². The molecule has 0 radical (unpaired) electrons. The van der Waals surface area contributed by atoms with E-state index in [4.69, 9.17) is 17.4 Å². The quantitative estimate of drug-likeness (QED) is 0.439. The standard InChI is InChI=1S/C12H7ClN2O2/c13-9-5-4-8-10-6(9)2-1-3-7(10)11(16)15(14)12(8)17/h1-5H,14H2. The number of benzene rings is 2. The Morgan fingerprint density at radius 2 is 1.65 bits per heavy atom. The number of imide groups is 1. The van der Waals surface area contributed by atoms with Gasteiger partial charge in [0.2, 0.25) is 0 Å². The Balaban J connectivity index is 2.54. The summed E-state index contributed by atoms with van der Waals surface area (Å²) in [7, 11) is 0. The molecule has 2 amide bonds. The van der Waals surface area contributed by atoms with Gasteiger partial charge in [-0.15, -0.1) is 0 Å². The largest absolute Gasteiger partial charge is 0.275 e. The number of nitrogens with zero attached hydrogens (tertiary/aromatic N) is 1. The summed E-state index contributed by atoms with van der Waals surface area (Å²) >= 11 is 6.05. The minimum Gasteiger partial charge on any atom is -0.267 e. The molecule has 5 heteroatoms.